The Labute approximate surface area is 110 Å². The number of rotatable bonds is 4. The van der Waals surface area contributed by atoms with Crippen molar-refractivity contribution in [2.45, 2.75) is 6.42 Å². The smallest absolute Gasteiger partial charge is 0.307 e. The Kier molecular flexibility index (Phi) is 3.35. The third-order valence-corrected chi connectivity index (χ3v) is 2.96. The van der Waals surface area contributed by atoms with Crippen LogP contribution in [-0.2, 0) is 9.59 Å². The molecule has 0 unspecified atom stereocenters. The Morgan fingerprint density at radius 2 is 2.00 bits per heavy atom. The number of nitrogens with zero attached hydrogens (tertiary/aromatic N) is 1. The van der Waals surface area contributed by atoms with Crippen molar-refractivity contribution < 1.29 is 28.4 Å². The molecule has 1 amide bonds. The molecule has 1 aromatic rings. The van der Waals surface area contributed by atoms with Crippen LogP contribution in [0.5, 0.6) is 0 Å². The average molecular weight is 286 g/mol. The lowest BCUT2D eigenvalue weighted by Gasteiger charge is -2.07. The van der Waals surface area contributed by atoms with Gasteiger partial charge in [-0.25, -0.2) is 8.78 Å². The van der Waals surface area contributed by atoms with Crippen molar-refractivity contribution in [1.29, 1.82) is 0 Å². The van der Waals surface area contributed by atoms with E-state index in [1.165, 1.54) is 0 Å². The van der Waals surface area contributed by atoms with E-state index in [9.17, 15) is 28.5 Å². The first-order valence-electron chi connectivity index (χ1n) is 5.49. The first-order chi connectivity index (χ1) is 9.32. The summed E-state index contributed by atoms with van der Waals surface area (Å²) >= 11 is 0. The zero-order chi connectivity index (χ0) is 15.0. The molecule has 0 aromatic heterocycles. The molecule has 1 aliphatic carbocycles. The van der Waals surface area contributed by atoms with E-state index in [1.807, 2.05) is 5.32 Å². The predicted molar refractivity (Wildman–Crippen MR) is 60.9 cm³/mol. The molecule has 1 aliphatic rings. The van der Waals surface area contributed by atoms with Gasteiger partial charge in [0.15, 0.2) is 17.3 Å². The summed E-state index contributed by atoms with van der Waals surface area (Å²) in [7, 11) is 0. The summed E-state index contributed by atoms with van der Waals surface area (Å²) in [5.41, 5.74) is -1.69. The molecule has 0 aliphatic heterocycles. The molecule has 2 rings (SSSR count). The fraction of sp³-hybridized carbons (Fsp3) is 0.273. The first-order valence-corrected chi connectivity index (χ1v) is 5.49. The van der Waals surface area contributed by atoms with Crippen molar-refractivity contribution in [3.63, 3.8) is 0 Å². The third-order valence-electron chi connectivity index (χ3n) is 2.96. The van der Waals surface area contributed by atoms with Gasteiger partial charge in [-0.15, -0.1) is 0 Å². The highest BCUT2D eigenvalue weighted by Crippen LogP contribution is 2.40. The van der Waals surface area contributed by atoms with Crippen LogP contribution in [0.2, 0.25) is 0 Å². The van der Waals surface area contributed by atoms with Crippen LogP contribution in [0.4, 0.5) is 20.2 Å². The molecule has 2 N–H and O–H groups in total. The summed E-state index contributed by atoms with van der Waals surface area (Å²) in [5.74, 6) is -6.76. The molecule has 1 saturated carbocycles. The molecule has 7 nitrogen and oxygen atoms in total. The van der Waals surface area contributed by atoms with Crippen LogP contribution in [0.3, 0.4) is 0 Å². The van der Waals surface area contributed by atoms with Crippen molar-refractivity contribution in [2.24, 2.45) is 11.8 Å². The molecular formula is C11H8F2N2O5. The minimum absolute atomic E-state index is 0.0614. The lowest BCUT2D eigenvalue weighted by Crippen LogP contribution is -2.19. The fourth-order valence-electron chi connectivity index (χ4n) is 1.79. The quantitative estimate of drug-likeness (QED) is 0.644. The van der Waals surface area contributed by atoms with Gasteiger partial charge in [-0.2, -0.15) is 0 Å². The molecule has 2 atom stereocenters. The maximum absolute atomic E-state index is 13.5. The van der Waals surface area contributed by atoms with Gasteiger partial charge in [0, 0.05) is 6.07 Å². The van der Waals surface area contributed by atoms with Gasteiger partial charge in [0.2, 0.25) is 5.91 Å². The Morgan fingerprint density at radius 3 is 2.50 bits per heavy atom. The maximum atomic E-state index is 13.5. The fourth-order valence-corrected chi connectivity index (χ4v) is 1.79. The van der Waals surface area contributed by atoms with Crippen LogP contribution in [0.15, 0.2) is 12.1 Å². The number of aliphatic carboxylic acids is 1. The number of nitro groups is 1. The molecule has 20 heavy (non-hydrogen) atoms. The SMILES string of the molecule is O=C(O)[C@H]1C[C@H]1C(=O)Nc1c([N+](=O)[O-])ccc(F)c1F. The zero-order valence-electron chi connectivity index (χ0n) is 9.80. The number of hydrogen-bond acceptors (Lipinski definition) is 4. The molecule has 9 heteroatoms. The zero-order valence-corrected chi connectivity index (χ0v) is 9.80. The van der Waals surface area contributed by atoms with Gasteiger partial charge >= 0.3 is 5.97 Å². The largest absolute Gasteiger partial charge is 0.481 e. The average Bonchev–Trinajstić information content (AvgIpc) is 3.14. The molecule has 0 heterocycles. The number of hydrogen-bond donors (Lipinski definition) is 2. The molecule has 1 fully saturated rings. The number of carboxylic acid groups (broad SMARTS) is 1. The summed E-state index contributed by atoms with van der Waals surface area (Å²) in [5, 5.41) is 21.2. The van der Waals surface area contributed by atoms with Gasteiger partial charge in [-0.3, -0.25) is 19.7 Å². The third kappa shape index (κ3) is 2.42. The van der Waals surface area contributed by atoms with Gasteiger partial charge < -0.3 is 10.4 Å². The Balaban J connectivity index is 2.25. The minimum Gasteiger partial charge on any atom is -0.481 e. The summed E-state index contributed by atoms with van der Waals surface area (Å²) in [6, 6.07) is 1.29. The lowest BCUT2D eigenvalue weighted by atomic mass is 10.2. The van der Waals surface area contributed by atoms with Crippen LogP contribution in [-0.4, -0.2) is 21.9 Å². The number of carbonyl (C=O) groups excluding carboxylic acids is 1. The maximum Gasteiger partial charge on any atom is 0.307 e. The van der Waals surface area contributed by atoms with Crippen LogP contribution in [0.25, 0.3) is 0 Å². The second-order valence-electron chi connectivity index (χ2n) is 4.29. The number of carbonyl (C=O) groups is 2. The highest BCUT2D eigenvalue weighted by molar-refractivity contribution is 5.99. The predicted octanol–water partition coefficient (Wildman–Crippen LogP) is 1.53. The van der Waals surface area contributed by atoms with E-state index >= 15 is 0 Å². The minimum atomic E-state index is -1.56. The van der Waals surface area contributed by atoms with Gasteiger partial charge in [-0.1, -0.05) is 0 Å². The van der Waals surface area contributed by atoms with Crippen LogP contribution in [0, 0.1) is 33.6 Å². The highest BCUT2D eigenvalue weighted by atomic mass is 19.2. The summed E-state index contributed by atoms with van der Waals surface area (Å²) in [6.45, 7) is 0. The Hall–Kier alpha value is -2.58. The molecule has 106 valence electrons. The van der Waals surface area contributed by atoms with E-state index in [2.05, 4.69) is 0 Å². The van der Waals surface area contributed by atoms with Crippen molar-refractivity contribution in [3.05, 3.63) is 33.9 Å². The molecule has 0 saturated heterocycles. The van der Waals surface area contributed by atoms with Gasteiger partial charge in [0.1, 0.15) is 0 Å². The van der Waals surface area contributed by atoms with E-state index in [-0.39, 0.29) is 6.42 Å². The number of benzene rings is 1. The summed E-state index contributed by atoms with van der Waals surface area (Å²) < 4.78 is 26.6. The number of nitro benzene ring substituents is 1. The Morgan fingerprint density at radius 1 is 1.35 bits per heavy atom. The van der Waals surface area contributed by atoms with E-state index in [1.54, 1.807) is 0 Å². The second-order valence-corrected chi connectivity index (χ2v) is 4.29. The van der Waals surface area contributed by atoms with E-state index in [0.29, 0.717) is 6.07 Å². The number of amides is 1. The Bertz CT molecular complexity index is 619. The van der Waals surface area contributed by atoms with Gasteiger partial charge in [0.05, 0.1) is 16.8 Å². The van der Waals surface area contributed by atoms with Crippen molar-refractivity contribution in [3.8, 4) is 0 Å². The van der Waals surface area contributed by atoms with Crippen molar-refractivity contribution in [2.75, 3.05) is 5.32 Å². The molecule has 0 bridgehead atoms. The van der Waals surface area contributed by atoms with E-state index < -0.39 is 51.6 Å². The normalized spacial score (nSPS) is 20.3. The summed E-state index contributed by atoms with van der Waals surface area (Å²) in [4.78, 5) is 32.0. The summed E-state index contributed by atoms with van der Waals surface area (Å²) in [6.07, 6.45) is 0.0614. The standard InChI is InChI=1S/C11H8F2N2O5/c12-6-1-2-7(15(19)20)9(8(6)13)14-10(16)4-3-5(4)11(17)18/h1-2,4-5H,3H2,(H,14,16)(H,17,18)/t4-,5+/m1/s1. The molecule has 1 aromatic carbocycles. The van der Waals surface area contributed by atoms with Crippen LogP contribution in [0.1, 0.15) is 6.42 Å². The van der Waals surface area contributed by atoms with E-state index in [4.69, 9.17) is 5.11 Å². The number of nitrogens with one attached hydrogen (secondary N) is 1. The second kappa shape index (κ2) is 4.83. The van der Waals surface area contributed by atoms with Gasteiger partial charge in [-0.05, 0) is 12.5 Å². The highest BCUT2D eigenvalue weighted by Gasteiger charge is 2.48. The van der Waals surface area contributed by atoms with E-state index in [0.717, 1.165) is 6.07 Å². The van der Waals surface area contributed by atoms with Gasteiger partial charge in [0.25, 0.3) is 5.69 Å². The van der Waals surface area contributed by atoms with Crippen LogP contribution < -0.4 is 5.32 Å². The van der Waals surface area contributed by atoms with Crippen LogP contribution >= 0.6 is 0 Å². The topological polar surface area (TPSA) is 110 Å². The van der Waals surface area contributed by atoms with Crippen molar-refractivity contribution >= 4 is 23.3 Å². The first kappa shape index (κ1) is 13.8. The monoisotopic (exact) mass is 286 g/mol. The lowest BCUT2D eigenvalue weighted by molar-refractivity contribution is -0.384. The number of anilines is 1. The number of halogens is 2. The number of carboxylic acids is 1. The van der Waals surface area contributed by atoms with Crippen molar-refractivity contribution in [1.82, 2.24) is 0 Å². The molecule has 0 radical (unpaired) electrons. The molecular weight excluding hydrogens is 278 g/mol. The molecule has 0 spiro atoms.